The summed E-state index contributed by atoms with van der Waals surface area (Å²) in [6, 6.07) is 1.74. The van der Waals surface area contributed by atoms with Crippen molar-refractivity contribution in [1.82, 2.24) is 10.2 Å². The van der Waals surface area contributed by atoms with E-state index in [2.05, 4.69) is 31.0 Å². The lowest BCUT2D eigenvalue weighted by atomic mass is 10.1. The largest absolute Gasteiger partial charge is 0.378 e. The maximum Gasteiger partial charge on any atom is 0.0622 e. The number of rotatable bonds is 4. The van der Waals surface area contributed by atoms with Crippen LogP contribution in [0.3, 0.4) is 0 Å². The van der Waals surface area contributed by atoms with Gasteiger partial charge in [0.2, 0.25) is 0 Å². The van der Waals surface area contributed by atoms with Gasteiger partial charge in [-0.25, -0.2) is 0 Å². The van der Waals surface area contributed by atoms with Gasteiger partial charge in [0.1, 0.15) is 0 Å². The number of nitrogens with one attached hydrogen (secondary N) is 1. The molecule has 0 aromatic carbocycles. The fourth-order valence-electron chi connectivity index (χ4n) is 2.08. The SMILES string of the molecule is CCC1COCCN1C(C)C(C)NC. The molecule has 1 N–H and O–H groups in total. The molecule has 1 rings (SSSR count). The van der Waals surface area contributed by atoms with Gasteiger partial charge in [0.15, 0.2) is 0 Å². The van der Waals surface area contributed by atoms with Gasteiger partial charge in [-0.15, -0.1) is 0 Å². The van der Waals surface area contributed by atoms with E-state index >= 15 is 0 Å². The molecule has 1 aliphatic rings. The molecule has 0 saturated carbocycles. The highest BCUT2D eigenvalue weighted by molar-refractivity contribution is 4.83. The van der Waals surface area contributed by atoms with Crippen LogP contribution in [0.25, 0.3) is 0 Å². The van der Waals surface area contributed by atoms with Crippen LogP contribution in [0.1, 0.15) is 27.2 Å². The molecule has 14 heavy (non-hydrogen) atoms. The molecule has 0 amide bonds. The van der Waals surface area contributed by atoms with Gasteiger partial charge in [-0.1, -0.05) is 6.92 Å². The predicted octanol–water partition coefficient (Wildman–Crippen LogP) is 1.09. The minimum atomic E-state index is 0.544. The lowest BCUT2D eigenvalue weighted by molar-refractivity contribution is -0.0319. The Labute approximate surface area is 87.8 Å². The fraction of sp³-hybridized carbons (Fsp3) is 1.00. The molecule has 0 aromatic rings. The maximum atomic E-state index is 5.50. The van der Waals surface area contributed by atoms with Crippen molar-refractivity contribution in [3.63, 3.8) is 0 Å². The van der Waals surface area contributed by atoms with Crippen LogP contribution in [-0.4, -0.2) is 49.8 Å². The highest BCUT2D eigenvalue weighted by Crippen LogP contribution is 2.15. The first-order chi connectivity index (χ1) is 6.70. The molecule has 1 aliphatic heterocycles. The third kappa shape index (κ3) is 2.69. The van der Waals surface area contributed by atoms with Crippen molar-refractivity contribution in [2.75, 3.05) is 26.8 Å². The molecule has 3 unspecified atom stereocenters. The van der Waals surface area contributed by atoms with Crippen LogP contribution in [0.5, 0.6) is 0 Å². The Balaban J connectivity index is 2.53. The highest BCUT2D eigenvalue weighted by Gasteiger charge is 2.27. The van der Waals surface area contributed by atoms with Gasteiger partial charge in [-0.05, 0) is 27.3 Å². The van der Waals surface area contributed by atoms with E-state index in [9.17, 15) is 0 Å². The molecule has 3 atom stereocenters. The van der Waals surface area contributed by atoms with E-state index in [1.54, 1.807) is 0 Å². The van der Waals surface area contributed by atoms with E-state index in [4.69, 9.17) is 4.74 Å². The minimum Gasteiger partial charge on any atom is -0.378 e. The zero-order chi connectivity index (χ0) is 10.6. The average Bonchev–Trinajstić information content (AvgIpc) is 2.26. The second-order valence-corrected chi connectivity index (χ2v) is 4.19. The molecule has 0 bridgehead atoms. The summed E-state index contributed by atoms with van der Waals surface area (Å²) >= 11 is 0. The lowest BCUT2D eigenvalue weighted by Crippen LogP contribution is -2.55. The summed E-state index contributed by atoms with van der Waals surface area (Å²) in [4.78, 5) is 2.57. The molecule has 0 spiro atoms. The Morgan fingerprint density at radius 3 is 2.79 bits per heavy atom. The van der Waals surface area contributed by atoms with E-state index in [1.165, 1.54) is 6.42 Å². The van der Waals surface area contributed by atoms with Crippen molar-refractivity contribution in [1.29, 1.82) is 0 Å². The Bertz CT molecular complexity index is 163. The Morgan fingerprint density at radius 2 is 2.21 bits per heavy atom. The molecule has 0 radical (unpaired) electrons. The smallest absolute Gasteiger partial charge is 0.0622 e. The number of morpholine rings is 1. The van der Waals surface area contributed by atoms with Gasteiger partial charge < -0.3 is 10.1 Å². The summed E-state index contributed by atoms with van der Waals surface area (Å²) in [5.41, 5.74) is 0. The van der Waals surface area contributed by atoms with E-state index in [-0.39, 0.29) is 0 Å². The number of hydrogen-bond donors (Lipinski definition) is 1. The summed E-state index contributed by atoms with van der Waals surface area (Å²) in [5, 5.41) is 3.32. The van der Waals surface area contributed by atoms with E-state index in [0.29, 0.717) is 18.1 Å². The average molecular weight is 200 g/mol. The first-order valence-corrected chi connectivity index (χ1v) is 5.71. The quantitative estimate of drug-likeness (QED) is 0.735. The second kappa shape index (κ2) is 5.69. The molecule has 0 aliphatic carbocycles. The second-order valence-electron chi connectivity index (χ2n) is 4.19. The Morgan fingerprint density at radius 1 is 1.50 bits per heavy atom. The van der Waals surface area contributed by atoms with Crippen molar-refractivity contribution in [3.8, 4) is 0 Å². The van der Waals surface area contributed by atoms with Crippen LogP contribution in [0, 0.1) is 0 Å². The van der Waals surface area contributed by atoms with Crippen LogP contribution in [0.4, 0.5) is 0 Å². The number of hydrogen-bond acceptors (Lipinski definition) is 3. The Hall–Kier alpha value is -0.120. The molecule has 1 heterocycles. The summed E-state index contributed by atoms with van der Waals surface area (Å²) in [5.74, 6) is 0. The molecule has 1 saturated heterocycles. The zero-order valence-electron chi connectivity index (χ0n) is 9.92. The summed E-state index contributed by atoms with van der Waals surface area (Å²) in [6.07, 6.45) is 1.18. The summed E-state index contributed by atoms with van der Waals surface area (Å²) < 4.78 is 5.50. The van der Waals surface area contributed by atoms with Gasteiger partial charge in [-0.2, -0.15) is 0 Å². The lowest BCUT2D eigenvalue weighted by Gasteiger charge is -2.41. The van der Waals surface area contributed by atoms with Gasteiger partial charge >= 0.3 is 0 Å². The Kier molecular flexibility index (Phi) is 4.85. The van der Waals surface area contributed by atoms with Crippen LogP contribution in [0.2, 0.25) is 0 Å². The predicted molar refractivity (Wildman–Crippen MR) is 59.6 cm³/mol. The van der Waals surface area contributed by atoms with Crippen LogP contribution >= 0.6 is 0 Å². The van der Waals surface area contributed by atoms with Gasteiger partial charge in [0.25, 0.3) is 0 Å². The zero-order valence-corrected chi connectivity index (χ0v) is 9.92. The van der Waals surface area contributed by atoms with E-state index in [0.717, 1.165) is 19.8 Å². The molecule has 3 heteroatoms. The van der Waals surface area contributed by atoms with Gasteiger partial charge in [0.05, 0.1) is 13.2 Å². The standard InChI is InChI=1S/C11H24N2O/c1-5-11-8-14-7-6-13(11)10(3)9(2)12-4/h9-12H,5-8H2,1-4H3. The number of ether oxygens (including phenoxy) is 1. The molecule has 84 valence electrons. The van der Waals surface area contributed by atoms with Crippen molar-refractivity contribution in [2.24, 2.45) is 0 Å². The van der Waals surface area contributed by atoms with E-state index in [1.807, 2.05) is 7.05 Å². The molecule has 3 nitrogen and oxygen atoms in total. The normalized spacial score (nSPS) is 28.7. The van der Waals surface area contributed by atoms with Crippen LogP contribution in [-0.2, 0) is 4.74 Å². The molecular formula is C11H24N2O. The van der Waals surface area contributed by atoms with Gasteiger partial charge in [0, 0.05) is 24.7 Å². The molecule has 0 aromatic heterocycles. The molecule has 1 fully saturated rings. The van der Waals surface area contributed by atoms with Crippen molar-refractivity contribution < 1.29 is 4.74 Å². The monoisotopic (exact) mass is 200 g/mol. The van der Waals surface area contributed by atoms with Crippen molar-refractivity contribution in [2.45, 2.75) is 45.3 Å². The third-order valence-corrected chi connectivity index (χ3v) is 3.45. The van der Waals surface area contributed by atoms with E-state index < -0.39 is 0 Å². The van der Waals surface area contributed by atoms with Gasteiger partial charge in [-0.3, -0.25) is 4.90 Å². The topological polar surface area (TPSA) is 24.5 Å². The molecular weight excluding hydrogens is 176 g/mol. The highest BCUT2D eigenvalue weighted by atomic mass is 16.5. The maximum absolute atomic E-state index is 5.50. The summed E-state index contributed by atoms with van der Waals surface area (Å²) in [7, 11) is 2.03. The van der Waals surface area contributed by atoms with Crippen molar-refractivity contribution in [3.05, 3.63) is 0 Å². The summed E-state index contributed by atoms with van der Waals surface area (Å²) in [6.45, 7) is 9.64. The van der Waals surface area contributed by atoms with Crippen LogP contribution in [0.15, 0.2) is 0 Å². The van der Waals surface area contributed by atoms with Crippen molar-refractivity contribution >= 4 is 0 Å². The number of nitrogens with zero attached hydrogens (tertiary/aromatic N) is 1. The first-order valence-electron chi connectivity index (χ1n) is 5.71. The van der Waals surface area contributed by atoms with Crippen LogP contribution < -0.4 is 5.32 Å². The minimum absolute atomic E-state index is 0.544. The third-order valence-electron chi connectivity index (χ3n) is 3.45. The number of likely N-dealkylation sites (N-methyl/N-ethyl adjacent to an activating group) is 1. The fourth-order valence-corrected chi connectivity index (χ4v) is 2.08. The first kappa shape index (κ1) is 12.0.